The van der Waals surface area contributed by atoms with Crippen LogP contribution in [0, 0.1) is 10.1 Å². The summed E-state index contributed by atoms with van der Waals surface area (Å²) in [5.41, 5.74) is 0.112. The van der Waals surface area contributed by atoms with Crippen molar-refractivity contribution >= 4 is 28.0 Å². The molecule has 2 aromatic heterocycles. The van der Waals surface area contributed by atoms with Crippen molar-refractivity contribution in [2.24, 2.45) is 0 Å². The Bertz CT molecular complexity index is 1070. The summed E-state index contributed by atoms with van der Waals surface area (Å²) >= 11 is 0. The predicted octanol–water partition coefficient (Wildman–Crippen LogP) is 4.27. The Hall–Kier alpha value is -3.43. The zero-order valence-electron chi connectivity index (χ0n) is 15.8. The number of nitrogens with zero attached hydrogens (tertiary/aromatic N) is 5. The zero-order chi connectivity index (χ0) is 21.3. The van der Waals surface area contributed by atoms with Crippen molar-refractivity contribution in [1.82, 2.24) is 9.97 Å². The monoisotopic (exact) mass is 417 g/mol. The Balaban J connectivity index is 1.57. The molecule has 1 aliphatic rings. The number of benzene rings is 1. The van der Waals surface area contributed by atoms with Gasteiger partial charge in [-0.2, -0.15) is 13.2 Å². The average molecular weight is 417 g/mol. The van der Waals surface area contributed by atoms with Gasteiger partial charge in [-0.25, -0.2) is 4.98 Å². The minimum Gasteiger partial charge on any atom is -0.369 e. The number of fused-ring (bicyclic) bond motifs is 1. The first-order valence-corrected chi connectivity index (χ1v) is 9.39. The molecule has 0 N–H and O–H groups in total. The summed E-state index contributed by atoms with van der Waals surface area (Å²) in [6, 6.07) is 7.43. The van der Waals surface area contributed by atoms with E-state index in [0.29, 0.717) is 37.4 Å². The lowest BCUT2D eigenvalue weighted by atomic mass is 10.1. The largest absolute Gasteiger partial charge is 0.417 e. The first-order valence-electron chi connectivity index (χ1n) is 9.39. The van der Waals surface area contributed by atoms with Gasteiger partial charge in [0.05, 0.1) is 15.9 Å². The Labute approximate surface area is 169 Å². The maximum atomic E-state index is 12.8. The molecule has 1 saturated heterocycles. The minimum atomic E-state index is -4.41. The van der Waals surface area contributed by atoms with E-state index < -0.39 is 16.7 Å². The molecule has 0 spiro atoms. The third-order valence-electron chi connectivity index (χ3n) is 5.20. The number of non-ortho nitro benzene ring substituents is 1. The van der Waals surface area contributed by atoms with Gasteiger partial charge in [-0.1, -0.05) is 0 Å². The van der Waals surface area contributed by atoms with E-state index in [2.05, 4.69) is 14.9 Å². The van der Waals surface area contributed by atoms with Gasteiger partial charge in [-0.15, -0.1) is 0 Å². The van der Waals surface area contributed by atoms with E-state index in [1.54, 1.807) is 18.3 Å². The van der Waals surface area contributed by atoms with E-state index in [9.17, 15) is 23.3 Å². The molecule has 0 aliphatic carbocycles. The van der Waals surface area contributed by atoms with Crippen molar-refractivity contribution in [1.29, 1.82) is 0 Å². The van der Waals surface area contributed by atoms with E-state index >= 15 is 0 Å². The van der Waals surface area contributed by atoms with Crippen molar-refractivity contribution in [3.63, 3.8) is 0 Å². The SMILES string of the molecule is O=[N+]([O-])c1ccc(N2CCCN(c3ccc(C(F)(F)F)cn3)CC2)c2ccncc12. The Morgan fingerprint density at radius 3 is 2.40 bits per heavy atom. The van der Waals surface area contributed by atoms with Crippen molar-refractivity contribution in [3.05, 3.63) is 64.6 Å². The summed E-state index contributed by atoms with van der Waals surface area (Å²) < 4.78 is 38.3. The Morgan fingerprint density at radius 2 is 1.70 bits per heavy atom. The van der Waals surface area contributed by atoms with E-state index in [4.69, 9.17) is 0 Å². The fraction of sp³-hybridized carbons (Fsp3) is 0.300. The van der Waals surface area contributed by atoms with Crippen molar-refractivity contribution in [2.45, 2.75) is 12.6 Å². The lowest BCUT2D eigenvalue weighted by Gasteiger charge is -2.25. The molecule has 3 aromatic rings. The van der Waals surface area contributed by atoms with Gasteiger partial charge in [0.1, 0.15) is 5.82 Å². The van der Waals surface area contributed by atoms with E-state index in [0.717, 1.165) is 29.8 Å². The first-order chi connectivity index (χ1) is 14.3. The second-order valence-corrected chi connectivity index (χ2v) is 7.01. The molecule has 30 heavy (non-hydrogen) atoms. The van der Waals surface area contributed by atoms with Crippen molar-refractivity contribution in [3.8, 4) is 0 Å². The fourth-order valence-electron chi connectivity index (χ4n) is 3.72. The van der Waals surface area contributed by atoms with Crippen LogP contribution in [0.15, 0.2) is 48.9 Å². The third kappa shape index (κ3) is 3.85. The topological polar surface area (TPSA) is 75.4 Å². The van der Waals surface area contributed by atoms with Crippen LogP contribution in [0.1, 0.15) is 12.0 Å². The predicted molar refractivity (Wildman–Crippen MR) is 107 cm³/mol. The summed E-state index contributed by atoms with van der Waals surface area (Å²) in [6.07, 6.45) is 0.313. The summed E-state index contributed by atoms with van der Waals surface area (Å²) in [4.78, 5) is 23.0. The average Bonchev–Trinajstić information content (AvgIpc) is 2.98. The van der Waals surface area contributed by atoms with Crippen LogP contribution < -0.4 is 9.80 Å². The minimum absolute atomic E-state index is 0.00672. The van der Waals surface area contributed by atoms with Gasteiger partial charge in [0.2, 0.25) is 0 Å². The van der Waals surface area contributed by atoms with Crippen LogP contribution in [0.5, 0.6) is 0 Å². The molecule has 156 valence electrons. The highest BCUT2D eigenvalue weighted by molar-refractivity contribution is 5.99. The van der Waals surface area contributed by atoms with Gasteiger partial charge in [-0.3, -0.25) is 15.1 Å². The molecule has 0 bridgehead atoms. The summed E-state index contributed by atoms with van der Waals surface area (Å²) in [7, 11) is 0. The highest BCUT2D eigenvalue weighted by atomic mass is 19.4. The van der Waals surface area contributed by atoms with Gasteiger partial charge >= 0.3 is 6.18 Å². The van der Waals surface area contributed by atoms with Crippen LogP contribution in [-0.4, -0.2) is 41.1 Å². The van der Waals surface area contributed by atoms with Gasteiger partial charge in [0.15, 0.2) is 0 Å². The molecule has 4 rings (SSSR count). The number of nitro groups is 1. The normalized spacial score (nSPS) is 15.3. The molecule has 3 heterocycles. The number of pyridine rings is 2. The van der Waals surface area contributed by atoms with Crippen molar-refractivity contribution in [2.75, 3.05) is 36.0 Å². The highest BCUT2D eigenvalue weighted by Gasteiger charge is 2.31. The molecular formula is C20H18F3N5O2. The maximum absolute atomic E-state index is 12.8. The molecule has 10 heteroatoms. The van der Waals surface area contributed by atoms with E-state index in [1.807, 2.05) is 4.90 Å². The number of alkyl halides is 3. The van der Waals surface area contributed by atoms with Crippen LogP contribution in [0.3, 0.4) is 0 Å². The van der Waals surface area contributed by atoms with Crippen LogP contribution in [0.2, 0.25) is 0 Å². The molecule has 0 atom stereocenters. The van der Waals surface area contributed by atoms with Crippen LogP contribution in [0.4, 0.5) is 30.4 Å². The number of nitro benzene ring substituents is 1. The maximum Gasteiger partial charge on any atom is 0.417 e. The molecule has 1 aromatic carbocycles. The Morgan fingerprint density at radius 1 is 0.933 bits per heavy atom. The number of anilines is 2. The van der Waals surface area contributed by atoms with Gasteiger partial charge in [0, 0.05) is 61.9 Å². The van der Waals surface area contributed by atoms with E-state index in [-0.39, 0.29) is 5.69 Å². The first kappa shape index (κ1) is 19.9. The lowest BCUT2D eigenvalue weighted by Crippen LogP contribution is -2.31. The molecule has 0 unspecified atom stereocenters. The molecule has 0 saturated carbocycles. The smallest absolute Gasteiger partial charge is 0.369 e. The van der Waals surface area contributed by atoms with Crippen molar-refractivity contribution < 1.29 is 18.1 Å². The van der Waals surface area contributed by atoms with Crippen LogP contribution in [-0.2, 0) is 6.18 Å². The molecule has 0 amide bonds. The number of hydrogen-bond donors (Lipinski definition) is 0. The van der Waals surface area contributed by atoms with Gasteiger partial charge in [-0.05, 0) is 30.7 Å². The number of halogens is 3. The molecule has 0 radical (unpaired) electrons. The second kappa shape index (κ2) is 7.77. The second-order valence-electron chi connectivity index (χ2n) is 7.01. The molecule has 7 nitrogen and oxygen atoms in total. The Kier molecular flexibility index (Phi) is 5.15. The zero-order valence-corrected chi connectivity index (χ0v) is 15.8. The number of aromatic nitrogens is 2. The number of hydrogen-bond acceptors (Lipinski definition) is 6. The lowest BCUT2D eigenvalue weighted by molar-refractivity contribution is -0.383. The number of rotatable bonds is 3. The summed E-state index contributed by atoms with van der Waals surface area (Å²) in [6.45, 7) is 2.55. The van der Waals surface area contributed by atoms with Crippen LogP contribution in [0.25, 0.3) is 10.8 Å². The highest BCUT2D eigenvalue weighted by Crippen LogP contribution is 2.34. The van der Waals surface area contributed by atoms with Crippen LogP contribution >= 0.6 is 0 Å². The molecular weight excluding hydrogens is 399 g/mol. The van der Waals surface area contributed by atoms with Gasteiger partial charge in [0.25, 0.3) is 5.69 Å². The fourth-order valence-corrected chi connectivity index (χ4v) is 3.72. The third-order valence-corrected chi connectivity index (χ3v) is 5.20. The summed E-state index contributed by atoms with van der Waals surface area (Å²) in [5.74, 6) is 0.502. The molecule has 1 aliphatic heterocycles. The van der Waals surface area contributed by atoms with Gasteiger partial charge < -0.3 is 9.80 Å². The van der Waals surface area contributed by atoms with E-state index in [1.165, 1.54) is 18.3 Å². The molecule has 1 fully saturated rings. The summed E-state index contributed by atoms with van der Waals surface area (Å²) in [5, 5.41) is 12.6. The quantitative estimate of drug-likeness (QED) is 0.468. The standard InChI is InChI=1S/C20H18F3N5O2/c21-20(22,23)14-2-5-19(25-12-14)27-9-1-8-26(10-11-27)17-3-4-18(28(29)30)16-13-24-7-6-15(16)17/h2-7,12-13H,1,8-11H2.